The number of anilines is 3. The van der Waals surface area contributed by atoms with E-state index in [0.717, 1.165) is 109 Å². The number of unbranched alkanes of at least 4 members (excludes halogenated alkanes) is 2. The van der Waals surface area contributed by atoms with Crippen molar-refractivity contribution in [2.45, 2.75) is 59.3 Å². The summed E-state index contributed by atoms with van der Waals surface area (Å²) in [5.41, 5.74) is 5.24. The van der Waals surface area contributed by atoms with Crippen molar-refractivity contribution >= 4 is 86.2 Å². The van der Waals surface area contributed by atoms with Crippen LogP contribution >= 0.6 is 21.4 Å². The molecule has 2 unspecified atom stereocenters. The van der Waals surface area contributed by atoms with E-state index in [0.29, 0.717) is 10.6 Å². The molecule has 9 rings (SSSR count). The van der Waals surface area contributed by atoms with Crippen molar-refractivity contribution in [3.63, 3.8) is 0 Å². The fourth-order valence-electron chi connectivity index (χ4n) is 8.71. The van der Waals surface area contributed by atoms with Crippen LogP contribution < -0.4 is 52.6 Å². The molecule has 4 nitrogen and oxygen atoms in total. The number of nitrogens with zero attached hydrogens (tertiary/aromatic N) is 1. The molecule has 0 aromatic heterocycles. The lowest BCUT2D eigenvalue weighted by atomic mass is 10.0. The summed E-state index contributed by atoms with van der Waals surface area (Å²) in [5.74, 6) is 0. The number of hydrogen-bond donors (Lipinski definition) is 0. The molecule has 0 N–H and O–H groups in total. The Bertz CT molecular complexity index is 2400. The van der Waals surface area contributed by atoms with Crippen molar-refractivity contribution in [3.8, 4) is 0 Å². The maximum atomic E-state index is 16.8. The van der Waals surface area contributed by atoms with Gasteiger partial charge in [0.1, 0.15) is 0 Å². The molecule has 3 heterocycles. The van der Waals surface area contributed by atoms with Crippen LogP contribution in [0.5, 0.6) is 0 Å². The predicted molar refractivity (Wildman–Crippen MR) is 222 cm³/mol. The zero-order valence-corrected chi connectivity index (χ0v) is 32.6. The molecule has 2 atom stereocenters. The van der Waals surface area contributed by atoms with Crippen LogP contribution in [-0.4, -0.2) is 0 Å². The van der Waals surface area contributed by atoms with E-state index in [4.69, 9.17) is 0 Å². The molecule has 0 fully saturated rings. The topological polar surface area (TPSA) is 54.5 Å². The van der Waals surface area contributed by atoms with E-state index in [1.54, 1.807) is 0 Å². The molecule has 0 aliphatic carbocycles. The van der Waals surface area contributed by atoms with Gasteiger partial charge < -0.3 is 18.6 Å². The first-order valence-electron chi connectivity index (χ1n) is 18.5. The highest BCUT2D eigenvalue weighted by molar-refractivity contribution is 7.89. The molecule has 52 heavy (non-hydrogen) atoms. The maximum Gasteiger partial charge on any atom is 0.175 e. The van der Waals surface area contributed by atoms with Crippen LogP contribution in [0.1, 0.15) is 56.2 Å². The van der Waals surface area contributed by atoms with Gasteiger partial charge in [0.25, 0.3) is 0 Å². The van der Waals surface area contributed by atoms with Gasteiger partial charge in [-0.3, -0.25) is 0 Å². The van der Waals surface area contributed by atoms with Crippen molar-refractivity contribution in [2.24, 2.45) is 0 Å². The van der Waals surface area contributed by atoms with E-state index < -0.39 is 21.4 Å². The summed E-state index contributed by atoms with van der Waals surface area (Å²) in [6.45, 7) is 6.39. The van der Waals surface area contributed by atoms with Crippen LogP contribution in [0, 0.1) is 6.92 Å². The maximum absolute atomic E-state index is 16.8. The van der Waals surface area contributed by atoms with Gasteiger partial charge in [-0.25, -0.2) is 0 Å². The number of benzene rings is 6. The van der Waals surface area contributed by atoms with Crippen LogP contribution in [0.3, 0.4) is 0 Å². The van der Waals surface area contributed by atoms with Gasteiger partial charge in [0.15, 0.2) is 21.4 Å². The van der Waals surface area contributed by atoms with Crippen LogP contribution in [0.4, 0.5) is 17.1 Å². The van der Waals surface area contributed by atoms with Gasteiger partial charge in [0.2, 0.25) is 0 Å². The lowest BCUT2D eigenvalue weighted by Crippen LogP contribution is -2.53. The summed E-state index contributed by atoms with van der Waals surface area (Å²) < 4.78 is 50.1. The zero-order chi connectivity index (χ0) is 35.8. The minimum Gasteiger partial charge on any atom is -0.308 e. The third-order valence-corrected chi connectivity index (χ3v) is 20.4. The molecular formula is C45H42NO3P3. The molecule has 0 bridgehead atoms. The highest BCUT2D eigenvalue weighted by Crippen LogP contribution is 2.65. The molecule has 3 aliphatic rings. The largest absolute Gasteiger partial charge is 0.308 e. The minimum atomic E-state index is -3.61. The highest BCUT2D eigenvalue weighted by Gasteiger charge is 2.56. The van der Waals surface area contributed by atoms with Gasteiger partial charge in [-0.1, -0.05) is 118 Å². The van der Waals surface area contributed by atoms with Gasteiger partial charge in [-0.15, -0.1) is 0 Å². The Morgan fingerprint density at radius 1 is 0.442 bits per heavy atom. The summed E-state index contributed by atoms with van der Waals surface area (Å²) in [7, 11) is -10.8. The van der Waals surface area contributed by atoms with Crippen molar-refractivity contribution in [2.75, 3.05) is 4.90 Å². The monoisotopic (exact) mass is 737 g/mol. The summed E-state index contributed by atoms with van der Waals surface area (Å²) >= 11 is 0. The third kappa shape index (κ3) is 4.57. The van der Waals surface area contributed by atoms with Gasteiger partial charge in [-0.2, -0.15) is 0 Å². The Balaban J connectivity index is 1.53. The normalized spacial score (nSPS) is 21.9. The zero-order valence-electron chi connectivity index (χ0n) is 29.9. The first kappa shape index (κ1) is 33.6. The van der Waals surface area contributed by atoms with Crippen LogP contribution in [-0.2, 0) is 26.5 Å². The average Bonchev–Trinajstić information content (AvgIpc) is 3.19. The first-order chi connectivity index (χ1) is 25.3. The van der Waals surface area contributed by atoms with E-state index in [-0.39, 0.29) is 0 Å². The lowest BCUT2D eigenvalue weighted by Gasteiger charge is -2.49. The van der Waals surface area contributed by atoms with Crippen molar-refractivity contribution < 1.29 is 13.7 Å². The lowest BCUT2D eigenvalue weighted by molar-refractivity contribution is 0.592. The van der Waals surface area contributed by atoms with Gasteiger partial charge in [-0.05, 0) is 85.7 Å². The Morgan fingerprint density at radius 3 is 1.02 bits per heavy atom. The molecule has 3 aliphatic heterocycles. The van der Waals surface area contributed by atoms with Gasteiger partial charge in [0, 0.05) is 47.7 Å². The van der Waals surface area contributed by atoms with E-state index in [2.05, 4.69) is 55.1 Å². The molecule has 0 amide bonds. The van der Waals surface area contributed by atoms with E-state index in [1.807, 2.05) is 97.9 Å². The van der Waals surface area contributed by atoms with Gasteiger partial charge in [0.05, 0.1) is 17.1 Å². The number of rotatable bonds is 9. The third-order valence-electron chi connectivity index (χ3n) is 11.2. The van der Waals surface area contributed by atoms with Crippen molar-refractivity contribution in [1.29, 1.82) is 0 Å². The Labute approximate surface area is 307 Å². The summed E-state index contributed by atoms with van der Waals surface area (Å²) in [4.78, 5) is 2.24. The molecule has 6 aromatic rings. The smallest absolute Gasteiger partial charge is 0.175 e. The van der Waals surface area contributed by atoms with E-state index >= 15 is 13.7 Å². The van der Waals surface area contributed by atoms with Crippen LogP contribution in [0.25, 0.3) is 0 Å². The van der Waals surface area contributed by atoms with Crippen molar-refractivity contribution in [3.05, 3.63) is 144 Å². The van der Waals surface area contributed by atoms with Crippen LogP contribution in [0.15, 0.2) is 127 Å². The molecule has 7 heteroatoms. The second kappa shape index (κ2) is 12.5. The number of hydrogen-bond acceptors (Lipinski definition) is 4. The van der Waals surface area contributed by atoms with E-state index in [9.17, 15) is 0 Å². The average molecular weight is 738 g/mol. The molecule has 0 radical (unpaired) electrons. The molecule has 0 saturated heterocycles. The molecule has 260 valence electrons. The molecule has 0 saturated carbocycles. The fourth-order valence-corrected chi connectivity index (χ4v) is 18.5. The molecule has 6 aromatic carbocycles. The standard InChI is InChI=1S/C45H42NO3P3/c1-4-6-17-32-27-39-44-41(29-32)52(49,36-23-15-10-16-24-36)42-30-33(18-7-5-2)28-40-45(42)46(44)43-37(50(39,47)34-19-11-8-12-20-34)25-31(3)26-38(43)51(40,48)35-21-13-9-14-22-35/h8-16,19-30H,4-7,17-18H2,1-3H3. The van der Waals surface area contributed by atoms with E-state index in [1.165, 1.54) is 0 Å². The van der Waals surface area contributed by atoms with Gasteiger partial charge >= 0.3 is 0 Å². The van der Waals surface area contributed by atoms with Crippen molar-refractivity contribution in [1.82, 2.24) is 0 Å². The Kier molecular flexibility index (Phi) is 8.06. The summed E-state index contributed by atoms with van der Waals surface area (Å²) in [6, 6.07) is 42.2. The Morgan fingerprint density at radius 2 is 0.731 bits per heavy atom. The summed E-state index contributed by atoms with van der Waals surface area (Å²) in [6.07, 6.45) is 5.55. The second-order valence-electron chi connectivity index (χ2n) is 14.5. The highest BCUT2D eigenvalue weighted by atomic mass is 31.2. The SMILES string of the molecule is CCCCc1cc2c3c(c1)P(=O)(c1ccccc1)c1cc(CCCC)cc4c1N3c1c(cc(C)cc1P4(=O)c1ccccc1)P2(=O)c1ccccc1. The Hall–Kier alpha value is -4.19. The number of aryl methyl sites for hydroxylation is 3. The quantitative estimate of drug-likeness (QED) is 0.141. The minimum absolute atomic E-state index is 0.707. The second-order valence-corrected chi connectivity index (χ2v) is 22.6. The molecule has 0 spiro atoms. The predicted octanol–water partition coefficient (Wildman–Crippen LogP) is 8.01. The first-order valence-corrected chi connectivity index (χ1v) is 23.7. The van der Waals surface area contributed by atoms with Crippen LogP contribution in [0.2, 0.25) is 0 Å². The fraction of sp³-hybridized carbons (Fsp3) is 0.200. The summed E-state index contributed by atoms with van der Waals surface area (Å²) in [5, 5.41) is 6.54. The molecular weight excluding hydrogens is 695 g/mol.